The predicted molar refractivity (Wildman–Crippen MR) is 81.7 cm³/mol. The Hall–Kier alpha value is -2.06. The molecule has 4 heterocycles. The molecule has 2 aliphatic heterocycles. The maximum absolute atomic E-state index is 4.43. The minimum absolute atomic E-state index is 0.886. The van der Waals surface area contributed by atoms with Gasteiger partial charge in [-0.15, -0.1) is 0 Å². The van der Waals surface area contributed by atoms with E-state index in [0.717, 1.165) is 34.2 Å². The highest BCUT2D eigenvalue weighted by molar-refractivity contribution is 6.99. The summed E-state index contributed by atoms with van der Waals surface area (Å²) in [5, 5.41) is 0. The van der Waals surface area contributed by atoms with Gasteiger partial charge < -0.3 is 9.80 Å². The number of anilines is 2. The van der Waals surface area contributed by atoms with Gasteiger partial charge in [0.05, 0.1) is 23.5 Å². The van der Waals surface area contributed by atoms with Gasteiger partial charge in [-0.2, -0.15) is 17.5 Å². The van der Waals surface area contributed by atoms with Crippen LogP contribution in [0.3, 0.4) is 0 Å². The zero-order chi connectivity index (χ0) is 13.7. The van der Waals surface area contributed by atoms with E-state index in [0.29, 0.717) is 0 Å². The van der Waals surface area contributed by atoms with Crippen molar-refractivity contribution in [3.05, 3.63) is 35.9 Å². The van der Waals surface area contributed by atoms with Crippen LogP contribution >= 0.6 is 23.5 Å². The number of rotatable bonds is 0. The van der Waals surface area contributed by atoms with Crippen molar-refractivity contribution in [2.24, 2.45) is 0 Å². The van der Waals surface area contributed by atoms with Gasteiger partial charge in [0.1, 0.15) is 11.4 Å². The first-order valence-corrected chi connectivity index (χ1v) is 7.44. The SMILES string of the molecule is CN1C=C/C(=C2\C=CN(C)c3nsnc32)c2nsnc21. The monoisotopic (exact) mass is 302 g/mol. The van der Waals surface area contributed by atoms with Crippen LogP contribution in [0.2, 0.25) is 0 Å². The minimum Gasteiger partial charge on any atom is -0.333 e. The number of aromatic nitrogens is 4. The van der Waals surface area contributed by atoms with Gasteiger partial charge in [0.2, 0.25) is 0 Å². The number of fused-ring (bicyclic) bond motifs is 2. The standard InChI is InChI=1S/C12H10N6S2/c1-17-5-3-7(9-11(17)15-19-13-9)8-4-6-18(2)12-10(8)14-20-16-12/h3-6H,1-2H3/b8-7-. The van der Waals surface area contributed by atoms with E-state index in [1.165, 1.54) is 23.5 Å². The first-order valence-electron chi connectivity index (χ1n) is 5.98. The van der Waals surface area contributed by atoms with E-state index in [9.17, 15) is 0 Å². The zero-order valence-electron chi connectivity index (χ0n) is 10.8. The van der Waals surface area contributed by atoms with Gasteiger partial charge in [-0.3, -0.25) is 0 Å². The summed E-state index contributed by atoms with van der Waals surface area (Å²) in [6.07, 6.45) is 8.10. The zero-order valence-corrected chi connectivity index (χ0v) is 12.4. The third kappa shape index (κ3) is 1.55. The largest absolute Gasteiger partial charge is 0.333 e. The molecule has 8 heteroatoms. The summed E-state index contributed by atoms with van der Waals surface area (Å²) in [4.78, 5) is 3.95. The Balaban J connectivity index is 1.97. The molecule has 0 aromatic carbocycles. The van der Waals surface area contributed by atoms with Crippen molar-refractivity contribution in [2.75, 3.05) is 23.9 Å². The number of hydrogen-bond acceptors (Lipinski definition) is 8. The molecule has 20 heavy (non-hydrogen) atoms. The molecule has 2 aromatic heterocycles. The molecule has 100 valence electrons. The van der Waals surface area contributed by atoms with Crippen molar-refractivity contribution in [3.63, 3.8) is 0 Å². The van der Waals surface area contributed by atoms with E-state index >= 15 is 0 Å². The summed E-state index contributed by atoms with van der Waals surface area (Å²) in [5.41, 5.74) is 3.90. The quantitative estimate of drug-likeness (QED) is 0.744. The number of nitrogens with zero attached hydrogens (tertiary/aromatic N) is 6. The second-order valence-electron chi connectivity index (χ2n) is 4.55. The molecular weight excluding hydrogens is 292 g/mol. The Morgan fingerprint density at radius 2 is 1.20 bits per heavy atom. The topological polar surface area (TPSA) is 58.0 Å². The molecule has 0 aliphatic carbocycles. The molecule has 0 unspecified atom stereocenters. The van der Waals surface area contributed by atoms with Crippen molar-refractivity contribution in [2.45, 2.75) is 0 Å². The van der Waals surface area contributed by atoms with Crippen molar-refractivity contribution in [1.82, 2.24) is 17.5 Å². The van der Waals surface area contributed by atoms with Gasteiger partial charge in [-0.1, -0.05) is 0 Å². The molecule has 0 bridgehead atoms. The van der Waals surface area contributed by atoms with Crippen LogP contribution in [0.4, 0.5) is 11.6 Å². The van der Waals surface area contributed by atoms with Crippen molar-refractivity contribution in [3.8, 4) is 0 Å². The van der Waals surface area contributed by atoms with Crippen LogP contribution in [0.5, 0.6) is 0 Å². The summed E-state index contributed by atoms with van der Waals surface area (Å²) in [6.45, 7) is 0. The fourth-order valence-electron chi connectivity index (χ4n) is 2.28. The second-order valence-corrected chi connectivity index (χ2v) is 5.61. The van der Waals surface area contributed by atoms with Crippen molar-refractivity contribution in [1.29, 1.82) is 0 Å². The second kappa shape index (κ2) is 4.22. The molecule has 0 saturated carbocycles. The molecule has 0 atom stereocenters. The van der Waals surface area contributed by atoms with Gasteiger partial charge in [0.15, 0.2) is 11.6 Å². The Kier molecular flexibility index (Phi) is 2.48. The minimum atomic E-state index is 0.886. The maximum atomic E-state index is 4.43. The average Bonchev–Trinajstić information content (AvgIpc) is 3.09. The lowest BCUT2D eigenvalue weighted by Crippen LogP contribution is -2.16. The van der Waals surface area contributed by atoms with E-state index in [4.69, 9.17) is 0 Å². The van der Waals surface area contributed by atoms with Crippen LogP contribution in [0.15, 0.2) is 24.6 Å². The fraction of sp³-hybridized carbons (Fsp3) is 0.167. The van der Waals surface area contributed by atoms with E-state index in [2.05, 4.69) is 29.6 Å². The average molecular weight is 302 g/mol. The number of hydrogen-bond donors (Lipinski definition) is 0. The molecule has 0 amide bonds. The normalized spacial score (nSPS) is 20.3. The lowest BCUT2D eigenvalue weighted by molar-refractivity contribution is 1.13. The molecule has 4 rings (SSSR count). The number of allylic oxidation sites excluding steroid dienone is 4. The van der Waals surface area contributed by atoms with Crippen LogP contribution < -0.4 is 9.80 Å². The third-order valence-corrected chi connectivity index (χ3v) is 4.38. The summed E-state index contributed by atoms with van der Waals surface area (Å²) in [7, 11) is 3.94. The van der Waals surface area contributed by atoms with Gasteiger partial charge in [-0.05, 0) is 12.2 Å². The Labute approximate surface area is 124 Å². The van der Waals surface area contributed by atoms with E-state index in [1.807, 2.05) is 36.3 Å². The first-order chi connectivity index (χ1) is 9.75. The van der Waals surface area contributed by atoms with Crippen molar-refractivity contribution < 1.29 is 0 Å². The molecule has 0 saturated heterocycles. The highest BCUT2D eigenvalue weighted by atomic mass is 32.1. The summed E-state index contributed by atoms with van der Waals surface area (Å²) in [5.74, 6) is 1.77. The lowest BCUT2D eigenvalue weighted by atomic mass is 9.98. The predicted octanol–water partition coefficient (Wildman–Crippen LogP) is 2.23. The van der Waals surface area contributed by atoms with Gasteiger partial charge in [-0.25, -0.2) is 0 Å². The van der Waals surface area contributed by atoms with Crippen LogP contribution in [0.1, 0.15) is 11.4 Å². The van der Waals surface area contributed by atoms with E-state index in [1.54, 1.807) is 0 Å². The van der Waals surface area contributed by atoms with Gasteiger partial charge in [0, 0.05) is 37.6 Å². The Morgan fingerprint density at radius 3 is 1.65 bits per heavy atom. The summed E-state index contributed by atoms with van der Waals surface area (Å²) in [6, 6.07) is 0. The lowest BCUT2D eigenvalue weighted by Gasteiger charge is -2.22. The van der Waals surface area contributed by atoms with E-state index in [-0.39, 0.29) is 0 Å². The van der Waals surface area contributed by atoms with Gasteiger partial charge >= 0.3 is 0 Å². The Morgan fingerprint density at radius 1 is 0.750 bits per heavy atom. The van der Waals surface area contributed by atoms with Crippen LogP contribution in [0.25, 0.3) is 11.1 Å². The molecule has 6 nitrogen and oxygen atoms in total. The third-order valence-electron chi connectivity index (χ3n) is 3.34. The molecular formula is C12H10N6S2. The molecule has 0 N–H and O–H groups in total. The summed E-state index contributed by atoms with van der Waals surface area (Å²) < 4.78 is 17.5. The summed E-state index contributed by atoms with van der Waals surface area (Å²) >= 11 is 2.45. The molecule has 2 aliphatic rings. The molecule has 0 fully saturated rings. The maximum Gasteiger partial charge on any atom is 0.174 e. The van der Waals surface area contributed by atoms with Crippen LogP contribution in [-0.2, 0) is 0 Å². The van der Waals surface area contributed by atoms with Crippen molar-refractivity contribution >= 4 is 46.2 Å². The van der Waals surface area contributed by atoms with E-state index < -0.39 is 0 Å². The van der Waals surface area contributed by atoms with Gasteiger partial charge in [0.25, 0.3) is 0 Å². The molecule has 0 radical (unpaired) electrons. The fourth-order valence-corrected chi connectivity index (χ4v) is 3.47. The highest BCUT2D eigenvalue weighted by Gasteiger charge is 2.26. The molecule has 2 aromatic rings. The highest BCUT2D eigenvalue weighted by Crippen LogP contribution is 2.39. The van der Waals surface area contributed by atoms with Crippen LogP contribution in [0, 0.1) is 0 Å². The van der Waals surface area contributed by atoms with Crippen LogP contribution in [-0.4, -0.2) is 31.6 Å². The smallest absolute Gasteiger partial charge is 0.174 e. The first kappa shape index (κ1) is 11.7. The Bertz CT molecular complexity index is 704. The molecule has 0 spiro atoms.